The zero-order valence-corrected chi connectivity index (χ0v) is 12.1. The fourth-order valence-corrected chi connectivity index (χ4v) is 5.10. The lowest BCUT2D eigenvalue weighted by Crippen LogP contribution is -2.53. The molecule has 4 rings (SSSR count). The van der Waals surface area contributed by atoms with Crippen LogP contribution >= 0.6 is 0 Å². The van der Waals surface area contributed by atoms with E-state index < -0.39 is 0 Å². The first kappa shape index (κ1) is 13.4. The van der Waals surface area contributed by atoms with E-state index in [9.17, 15) is 4.79 Å². The molecule has 0 aliphatic heterocycles. The van der Waals surface area contributed by atoms with E-state index in [1.54, 1.807) is 0 Å². The molecule has 0 spiro atoms. The first-order valence-corrected chi connectivity index (χ1v) is 8.08. The second-order valence-corrected chi connectivity index (χ2v) is 7.00. The Balaban J connectivity index is 1.52. The van der Waals surface area contributed by atoms with Gasteiger partial charge in [-0.05, 0) is 69.6 Å². The molecule has 108 valence electrons. The fraction of sp³-hybridized carbons (Fsp3) is 0.938. The third kappa shape index (κ3) is 2.67. The van der Waals surface area contributed by atoms with Crippen LogP contribution in [0.25, 0.3) is 0 Å². The highest BCUT2D eigenvalue weighted by Gasteiger charge is 2.54. The van der Waals surface area contributed by atoms with Gasteiger partial charge in [0.05, 0.1) is 0 Å². The molecule has 0 heterocycles. The van der Waals surface area contributed by atoms with E-state index in [1.165, 1.54) is 19.3 Å². The van der Waals surface area contributed by atoms with Crippen LogP contribution in [-0.4, -0.2) is 25.7 Å². The maximum Gasteiger partial charge on any atom is 0.226 e. The summed E-state index contributed by atoms with van der Waals surface area (Å²) >= 11 is 0. The smallest absolute Gasteiger partial charge is 0.226 e. The molecule has 4 saturated carbocycles. The summed E-state index contributed by atoms with van der Waals surface area (Å²) in [5.41, 5.74) is 0.0142. The number of rotatable bonds is 6. The first-order chi connectivity index (χ1) is 9.22. The van der Waals surface area contributed by atoms with Crippen LogP contribution in [0.1, 0.15) is 51.9 Å². The van der Waals surface area contributed by atoms with Crippen LogP contribution in [0.5, 0.6) is 0 Å². The normalized spacial score (nSPS) is 39.5. The zero-order chi connectivity index (χ0) is 13.3. The Bertz CT molecular complexity index is 304. The minimum atomic E-state index is 0.0142. The van der Waals surface area contributed by atoms with Crippen molar-refractivity contribution in [2.45, 2.75) is 51.9 Å². The highest BCUT2D eigenvalue weighted by Crippen LogP contribution is 2.60. The second-order valence-electron chi connectivity index (χ2n) is 7.00. The largest absolute Gasteiger partial charge is 0.382 e. The SMILES string of the molecule is CCOCCCNC(=O)C12CC3CC(CC(C3)C1)C2. The van der Waals surface area contributed by atoms with E-state index >= 15 is 0 Å². The highest BCUT2D eigenvalue weighted by atomic mass is 16.5. The Morgan fingerprint density at radius 2 is 1.74 bits per heavy atom. The zero-order valence-electron chi connectivity index (χ0n) is 12.1. The monoisotopic (exact) mass is 265 g/mol. The molecule has 0 aromatic heterocycles. The molecule has 1 amide bonds. The molecule has 4 fully saturated rings. The third-order valence-corrected chi connectivity index (χ3v) is 5.48. The average molecular weight is 265 g/mol. The van der Waals surface area contributed by atoms with Crippen molar-refractivity contribution in [2.24, 2.45) is 23.2 Å². The molecule has 0 saturated heterocycles. The van der Waals surface area contributed by atoms with Gasteiger partial charge in [0, 0.05) is 25.2 Å². The Morgan fingerprint density at radius 1 is 1.16 bits per heavy atom. The molecule has 0 radical (unpaired) electrons. The highest BCUT2D eigenvalue weighted by molar-refractivity contribution is 5.83. The number of hydrogen-bond acceptors (Lipinski definition) is 2. The average Bonchev–Trinajstić information content (AvgIpc) is 2.36. The van der Waals surface area contributed by atoms with Crippen molar-refractivity contribution < 1.29 is 9.53 Å². The van der Waals surface area contributed by atoms with Crippen LogP contribution in [0.3, 0.4) is 0 Å². The molecule has 19 heavy (non-hydrogen) atoms. The first-order valence-electron chi connectivity index (χ1n) is 8.08. The Hall–Kier alpha value is -0.570. The van der Waals surface area contributed by atoms with Crippen molar-refractivity contribution in [2.75, 3.05) is 19.8 Å². The molecular formula is C16H27NO2. The van der Waals surface area contributed by atoms with Gasteiger partial charge in [-0.1, -0.05) is 0 Å². The number of nitrogens with one attached hydrogen (secondary N) is 1. The van der Waals surface area contributed by atoms with Gasteiger partial charge in [0.25, 0.3) is 0 Å². The van der Waals surface area contributed by atoms with Gasteiger partial charge in [-0.25, -0.2) is 0 Å². The van der Waals surface area contributed by atoms with Crippen LogP contribution in [0, 0.1) is 23.2 Å². The van der Waals surface area contributed by atoms with Crippen LogP contribution in [0.4, 0.5) is 0 Å². The topological polar surface area (TPSA) is 38.3 Å². The van der Waals surface area contributed by atoms with Gasteiger partial charge in [-0.2, -0.15) is 0 Å². The maximum atomic E-state index is 12.6. The lowest BCUT2D eigenvalue weighted by atomic mass is 9.49. The lowest BCUT2D eigenvalue weighted by Gasteiger charge is -2.55. The van der Waals surface area contributed by atoms with Crippen LogP contribution < -0.4 is 5.32 Å². The van der Waals surface area contributed by atoms with Crippen molar-refractivity contribution in [3.63, 3.8) is 0 Å². The van der Waals surface area contributed by atoms with E-state index in [2.05, 4.69) is 5.32 Å². The standard InChI is InChI=1S/C16H27NO2/c1-2-19-5-3-4-17-15(18)16-9-12-6-13(10-16)8-14(7-12)11-16/h12-14H,2-11H2,1H3,(H,17,18). The van der Waals surface area contributed by atoms with Gasteiger partial charge in [-0.15, -0.1) is 0 Å². The molecule has 3 nitrogen and oxygen atoms in total. The van der Waals surface area contributed by atoms with Crippen LogP contribution in [-0.2, 0) is 9.53 Å². The Kier molecular flexibility index (Phi) is 3.84. The maximum absolute atomic E-state index is 12.6. The summed E-state index contributed by atoms with van der Waals surface area (Å²) in [4.78, 5) is 12.6. The van der Waals surface area contributed by atoms with Gasteiger partial charge in [0.1, 0.15) is 0 Å². The van der Waals surface area contributed by atoms with Crippen LogP contribution in [0.2, 0.25) is 0 Å². The number of ether oxygens (including phenoxy) is 1. The summed E-state index contributed by atoms with van der Waals surface area (Å²) in [5.74, 6) is 2.89. The molecule has 4 aliphatic rings. The van der Waals surface area contributed by atoms with E-state index in [0.29, 0.717) is 5.91 Å². The second kappa shape index (κ2) is 5.43. The van der Waals surface area contributed by atoms with Crippen LogP contribution in [0.15, 0.2) is 0 Å². The predicted octanol–water partition coefficient (Wildman–Crippen LogP) is 2.75. The fourth-order valence-electron chi connectivity index (χ4n) is 5.10. The summed E-state index contributed by atoms with van der Waals surface area (Å²) in [5, 5.41) is 3.18. The van der Waals surface area contributed by atoms with Gasteiger partial charge in [0.2, 0.25) is 5.91 Å². The van der Waals surface area contributed by atoms with Crippen molar-refractivity contribution in [1.82, 2.24) is 5.32 Å². The number of hydrogen-bond donors (Lipinski definition) is 1. The number of amides is 1. The summed E-state index contributed by atoms with van der Waals surface area (Å²) < 4.78 is 5.31. The molecular weight excluding hydrogens is 238 g/mol. The molecule has 1 N–H and O–H groups in total. The van der Waals surface area contributed by atoms with Crippen molar-refractivity contribution in [3.05, 3.63) is 0 Å². The molecule has 3 heteroatoms. The summed E-state index contributed by atoms with van der Waals surface area (Å²) in [6.45, 7) is 4.31. The lowest BCUT2D eigenvalue weighted by molar-refractivity contribution is -0.146. The molecule has 4 aliphatic carbocycles. The quantitative estimate of drug-likeness (QED) is 0.750. The van der Waals surface area contributed by atoms with E-state index in [4.69, 9.17) is 4.74 Å². The summed E-state index contributed by atoms with van der Waals surface area (Å²) in [7, 11) is 0. The van der Waals surface area contributed by atoms with Crippen molar-refractivity contribution in [3.8, 4) is 0 Å². The van der Waals surface area contributed by atoms with Crippen molar-refractivity contribution >= 4 is 5.91 Å². The van der Waals surface area contributed by atoms with Gasteiger partial charge in [-0.3, -0.25) is 4.79 Å². The minimum Gasteiger partial charge on any atom is -0.382 e. The van der Waals surface area contributed by atoms with Gasteiger partial charge in [0.15, 0.2) is 0 Å². The van der Waals surface area contributed by atoms with E-state index in [0.717, 1.165) is 63.2 Å². The molecule has 4 bridgehead atoms. The van der Waals surface area contributed by atoms with E-state index in [-0.39, 0.29) is 5.41 Å². The Labute approximate surface area is 116 Å². The predicted molar refractivity (Wildman–Crippen MR) is 74.7 cm³/mol. The van der Waals surface area contributed by atoms with Gasteiger partial charge >= 0.3 is 0 Å². The molecule has 0 aromatic carbocycles. The summed E-state index contributed by atoms with van der Waals surface area (Å²) in [6.07, 6.45) is 8.62. The minimum absolute atomic E-state index is 0.0142. The molecule has 0 atom stereocenters. The molecule has 0 unspecified atom stereocenters. The van der Waals surface area contributed by atoms with Crippen molar-refractivity contribution in [1.29, 1.82) is 0 Å². The number of carbonyl (C=O) groups is 1. The number of carbonyl (C=O) groups excluding carboxylic acids is 1. The third-order valence-electron chi connectivity index (χ3n) is 5.48. The molecule has 0 aromatic rings. The summed E-state index contributed by atoms with van der Waals surface area (Å²) in [6, 6.07) is 0. The van der Waals surface area contributed by atoms with E-state index in [1.807, 2.05) is 6.92 Å². The Morgan fingerprint density at radius 3 is 2.26 bits per heavy atom. The van der Waals surface area contributed by atoms with Gasteiger partial charge < -0.3 is 10.1 Å².